The van der Waals surface area contributed by atoms with Gasteiger partial charge in [0.05, 0.1) is 6.10 Å². The maximum atomic E-state index is 9.59. The van der Waals surface area contributed by atoms with Crippen LogP contribution < -0.4 is 4.74 Å². The van der Waals surface area contributed by atoms with Crippen LogP contribution in [0.15, 0.2) is 24.3 Å². The fourth-order valence-corrected chi connectivity index (χ4v) is 3.16. The Balaban J connectivity index is 1.75. The van der Waals surface area contributed by atoms with Crippen molar-refractivity contribution in [1.29, 1.82) is 0 Å². The first-order valence-electron chi connectivity index (χ1n) is 8.11. The average Bonchev–Trinajstić information content (AvgIpc) is 2.48. The Bertz CT molecular complexity index is 456. The van der Waals surface area contributed by atoms with Crippen LogP contribution in [0.4, 0.5) is 0 Å². The maximum Gasteiger partial charge on any atom is 0.120 e. The highest BCUT2D eigenvalue weighted by Gasteiger charge is 2.26. The quantitative estimate of drug-likeness (QED) is 0.835. The fourth-order valence-electron chi connectivity index (χ4n) is 2.98. The number of aliphatic hydroxyl groups is 1. The molecule has 1 N–H and O–H groups in total. The normalized spacial score (nSPS) is 21.7. The number of nitrogens with zero attached hydrogens (tertiary/aromatic N) is 2. The molecule has 1 aliphatic rings. The van der Waals surface area contributed by atoms with Crippen molar-refractivity contribution in [2.45, 2.75) is 32.4 Å². The molecule has 2 rings (SSSR count). The number of hydrogen-bond donors (Lipinski definition) is 1. The number of β-amino-alcohol motifs (C(OH)–C–C–N with tert-alkyl or cyclic N) is 1. The molecule has 0 unspecified atom stereocenters. The van der Waals surface area contributed by atoms with Crippen molar-refractivity contribution in [2.75, 3.05) is 39.3 Å². The van der Waals surface area contributed by atoms with Crippen LogP contribution in [-0.2, 0) is 0 Å². The van der Waals surface area contributed by atoms with E-state index in [0.29, 0.717) is 17.7 Å². The summed E-state index contributed by atoms with van der Waals surface area (Å²) in [7, 11) is 0. The molecule has 1 fully saturated rings. The highest BCUT2D eigenvalue weighted by molar-refractivity contribution is 6.30. The van der Waals surface area contributed by atoms with Crippen molar-refractivity contribution in [2.24, 2.45) is 0 Å². The van der Waals surface area contributed by atoms with Gasteiger partial charge in [-0.3, -0.25) is 9.80 Å². The van der Waals surface area contributed by atoms with Gasteiger partial charge in [-0.2, -0.15) is 0 Å². The average molecular weight is 327 g/mol. The van der Waals surface area contributed by atoms with Crippen molar-refractivity contribution >= 4 is 11.6 Å². The van der Waals surface area contributed by atoms with Crippen LogP contribution in [0, 0.1) is 0 Å². The molecule has 0 bridgehead atoms. The number of ether oxygens (including phenoxy) is 1. The van der Waals surface area contributed by atoms with Gasteiger partial charge in [0.25, 0.3) is 0 Å². The van der Waals surface area contributed by atoms with Crippen LogP contribution in [0.2, 0.25) is 5.02 Å². The summed E-state index contributed by atoms with van der Waals surface area (Å²) in [5.41, 5.74) is 0. The lowest BCUT2D eigenvalue weighted by Gasteiger charge is -2.41. The molecule has 2 atom stereocenters. The van der Waals surface area contributed by atoms with Gasteiger partial charge in [-0.15, -0.1) is 0 Å². The molecule has 1 aliphatic heterocycles. The van der Waals surface area contributed by atoms with E-state index in [2.05, 4.69) is 16.7 Å². The van der Waals surface area contributed by atoms with Crippen molar-refractivity contribution in [1.82, 2.24) is 9.80 Å². The van der Waals surface area contributed by atoms with Crippen LogP contribution in [-0.4, -0.2) is 66.4 Å². The molecule has 0 aromatic heterocycles. The molecular weight excluding hydrogens is 300 g/mol. The lowest BCUT2D eigenvalue weighted by molar-refractivity contribution is 0.0322. The minimum absolute atomic E-state index is 0.258. The number of hydrogen-bond acceptors (Lipinski definition) is 4. The predicted molar refractivity (Wildman–Crippen MR) is 90.7 cm³/mol. The molecule has 1 aromatic rings. The Morgan fingerprint density at radius 2 is 2.23 bits per heavy atom. The van der Waals surface area contributed by atoms with Gasteiger partial charge >= 0.3 is 0 Å². The van der Waals surface area contributed by atoms with E-state index in [-0.39, 0.29) is 6.10 Å². The zero-order valence-electron chi connectivity index (χ0n) is 13.5. The first-order valence-corrected chi connectivity index (χ1v) is 8.49. The molecule has 5 heteroatoms. The van der Waals surface area contributed by atoms with Gasteiger partial charge in [0, 0.05) is 43.8 Å². The SMILES string of the molecule is CC[C@H]1CN(CCOc2cccc(Cl)c2)CCN1C[C@@H](C)O. The molecule has 124 valence electrons. The van der Waals surface area contributed by atoms with Gasteiger partial charge < -0.3 is 9.84 Å². The second kappa shape index (κ2) is 8.73. The van der Waals surface area contributed by atoms with E-state index in [9.17, 15) is 5.11 Å². The van der Waals surface area contributed by atoms with E-state index in [4.69, 9.17) is 16.3 Å². The molecule has 0 radical (unpaired) electrons. The Kier molecular flexibility index (Phi) is 6.96. The minimum Gasteiger partial charge on any atom is -0.492 e. The van der Waals surface area contributed by atoms with Crippen LogP contribution in [0.5, 0.6) is 5.75 Å². The number of benzene rings is 1. The zero-order chi connectivity index (χ0) is 15.9. The van der Waals surface area contributed by atoms with Crippen molar-refractivity contribution < 1.29 is 9.84 Å². The number of aliphatic hydroxyl groups excluding tert-OH is 1. The van der Waals surface area contributed by atoms with Gasteiger partial charge in [0.1, 0.15) is 12.4 Å². The van der Waals surface area contributed by atoms with E-state index in [1.807, 2.05) is 31.2 Å². The first-order chi connectivity index (χ1) is 10.6. The Morgan fingerprint density at radius 1 is 1.41 bits per heavy atom. The van der Waals surface area contributed by atoms with Gasteiger partial charge in [-0.05, 0) is 31.5 Å². The fraction of sp³-hybridized carbons (Fsp3) is 0.647. The van der Waals surface area contributed by atoms with Gasteiger partial charge in [-0.25, -0.2) is 0 Å². The summed E-state index contributed by atoms with van der Waals surface area (Å²) in [5.74, 6) is 0.826. The Hall–Kier alpha value is -0.810. The Labute approximate surface area is 138 Å². The second-order valence-electron chi connectivity index (χ2n) is 6.01. The Morgan fingerprint density at radius 3 is 2.91 bits per heavy atom. The molecule has 0 spiro atoms. The van der Waals surface area contributed by atoms with E-state index < -0.39 is 0 Å². The van der Waals surface area contributed by atoms with E-state index in [1.165, 1.54) is 0 Å². The third kappa shape index (κ3) is 5.43. The third-order valence-electron chi connectivity index (χ3n) is 4.13. The highest BCUT2D eigenvalue weighted by atomic mass is 35.5. The maximum absolute atomic E-state index is 9.59. The summed E-state index contributed by atoms with van der Waals surface area (Å²) in [6.07, 6.45) is 0.852. The molecule has 4 nitrogen and oxygen atoms in total. The highest BCUT2D eigenvalue weighted by Crippen LogP contribution is 2.17. The van der Waals surface area contributed by atoms with Gasteiger partial charge in [0.15, 0.2) is 0 Å². The number of rotatable bonds is 7. The molecule has 0 aliphatic carbocycles. The third-order valence-corrected chi connectivity index (χ3v) is 4.37. The lowest BCUT2D eigenvalue weighted by Crippen LogP contribution is -2.55. The predicted octanol–water partition coefficient (Wildman–Crippen LogP) is 2.50. The zero-order valence-corrected chi connectivity index (χ0v) is 14.3. The van der Waals surface area contributed by atoms with Gasteiger partial charge in [-0.1, -0.05) is 24.6 Å². The molecule has 0 amide bonds. The summed E-state index contributed by atoms with van der Waals surface area (Å²) in [6, 6.07) is 8.05. The van der Waals surface area contributed by atoms with Crippen LogP contribution >= 0.6 is 11.6 Å². The van der Waals surface area contributed by atoms with Crippen molar-refractivity contribution in [3.8, 4) is 5.75 Å². The van der Waals surface area contributed by atoms with E-state index in [1.54, 1.807) is 0 Å². The van der Waals surface area contributed by atoms with Crippen LogP contribution in [0.25, 0.3) is 0 Å². The summed E-state index contributed by atoms with van der Waals surface area (Å²) in [6.45, 7) is 9.53. The van der Waals surface area contributed by atoms with Crippen LogP contribution in [0.1, 0.15) is 20.3 Å². The summed E-state index contributed by atoms with van der Waals surface area (Å²) >= 11 is 5.95. The monoisotopic (exact) mass is 326 g/mol. The minimum atomic E-state index is -0.258. The standard InChI is InChI=1S/C17H27ClN2O2/c1-3-16-13-19(7-8-20(16)12-14(2)21)9-10-22-17-6-4-5-15(18)11-17/h4-6,11,14,16,21H,3,7-10,12-13H2,1-2H3/t14-,16+/m1/s1. The van der Waals surface area contributed by atoms with Crippen molar-refractivity contribution in [3.63, 3.8) is 0 Å². The lowest BCUT2D eigenvalue weighted by atomic mass is 10.1. The van der Waals surface area contributed by atoms with Crippen LogP contribution in [0.3, 0.4) is 0 Å². The molecule has 1 aromatic carbocycles. The molecule has 0 saturated carbocycles. The molecule has 1 heterocycles. The first kappa shape index (κ1) is 17.5. The molecular formula is C17H27ClN2O2. The summed E-state index contributed by atoms with van der Waals surface area (Å²) < 4.78 is 5.77. The largest absolute Gasteiger partial charge is 0.492 e. The number of piperazine rings is 1. The van der Waals surface area contributed by atoms with Crippen molar-refractivity contribution in [3.05, 3.63) is 29.3 Å². The number of halogens is 1. The summed E-state index contributed by atoms with van der Waals surface area (Å²) in [4.78, 5) is 4.84. The topological polar surface area (TPSA) is 35.9 Å². The smallest absolute Gasteiger partial charge is 0.120 e. The second-order valence-corrected chi connectivity index (χ2v) is 6.45. The van der Waals surface area contributed by atoms with E-state index >= 15 is 0 Å². The van der Waals surface area contributed by atoms with E-state index in [0.717, 1.165) is 44.9 Å². The van der Waals surface area contributed by atoms with Gasteiger partial charge in [0.2, 0.25) is 0 Å². The summed E-state index contributed by atoms with van der Waals surface area (Å²) in [5, 5.41) is 10.3. The molecule has 1 saturated heterocycles. The molecule has 22 heavy (non-hydrogen) atoms.